The van der Waals surface area contributed by atoms with Gasteiger partial charge >= 0.3 is 0 Å². The summed E-state index contributed by atoms with van der Waals surface area (Å²) in [6.07, 6.45) is 3.79. The highest BCUT2D eigenvalue weighted by molar-refractivity contribution is 7.14. The van der Waals surface area contributed by atoms with Crippen LogP contribution in [0.15, 0.2) is 48.1 Å². The molecule has 1 aromatic carbocycles. The molecule has 0 aliphatic heterocycles. The maximum absolute atomic E-state index is 12.1. The second-order valence-electron chi connectivity index (χ2n) is 6.07. The molecule has 0 atom stereocenters. The highest BCUT2D eigenvalue weighted by Gasteiger charge is 2.14. The smallest absolute Gasteiger partial charge is 0.253 e. The van der Waals surface area contributed by atoms with Crippen LogP contribution >= 0.6 is 11.3 Å². The molecule has 2 heterocycles. The average Bonchev–Trinajstić information content (AvgIpc) is 3.36. The number of hydrogen-bond donors (Lipinski definition) is 2. The van der Waals surface area contributed by atoms with E-state index in [0.29, 0.717) is 15.6 Å². The molecular weight excluding hydrogens is 378 g/mol. The minimum atomic E-state index is -0.438. The lowest BCUT2D eigenvalue weighted by molar-refractivity contribution is -0.578. The first-order chi connectivity index (χ1) is 13.5. The molecule has 8 nitrogen and oxygen atoms in total. The first-order valence-corrected chi connectivity index (χ1v) is 9.56. The molecule has 0 saturated heterocycles. The van der Waals surface area contributed by atoms with Crippen LogP contribution in [-0.4, -0.2) is 39.9 Å². The van der Waals surface area contributed by atoms with Crippen LogP contribution in [0.2, 0.25) is 0 Å². The number of nitroso groups, excluding NO2 is 1. The number of carbonyl (C=O) groups is 2. The van der Waals surface area contributed by atoms with E-state index in [2.05, 4.69) is 34.7 Å². The monoisotopic (exact) mass is 398 g/mol. The Morgan fingerprint density at radius 3 is 2.82 bits per heavy atom. The van der Waals surface area contributed by atoms with Crippen molar-refractivity contribution in [2.75, 3.05) is 18.9 Å². The number of aromatic nitrogens is 2. The van der Waals surface area contributed by atoms with Gasteiger partial charge in [0.05, 0.1) is 35.1 Å². The minimum absolute atomic E-state index is 0.197. The van der Waals surface area contributed by atoms with E-state index in [-0.39, 0.29) is 12.5 Å². The average molecular weight is 398 g/mol. The van der Waals surface area contributed by atoms with Crippen LogP contribution in [0.1, 0.15) is 22.8 Å². The molecular formula is C19H20N5O3S+. The van der Waals surface area contributed by atoms with Crippen LogP contribution in [-0.2, 0) is 11.2 Å². The van der Waals surface area contributed by atoms with E-state index < -0.39 is 5.91 Å². The Bertz CT molecular complexity index is 1020. The molecule has 3 aromatic rings. The van der Waals surface area contributed by atoms with E-state index in [1.807, 2.05) is 17.5 Å². The zero-order valence-electron chi connectivity index (χ0n) is 15.5. The number of thiazole rings is 1. The van der Waals surface area contributed by atoms with E-state index in [4.69, 9.17) is 0 Å². The molecule has 0 aliphatic carbocycles. The van der Waals surface area contributed by atoms with E-state index in [0.717, 1.165) is 17.7 Å². The van der Waals surface area contributed by atoms with Gasteiger partial charge in [-0.15, -0.1) is 11.3 Å². The van der Waals surface area contributed by atoms with Gasteiger partial charge in [0.1, 0.15) is 4.87 Å². The number of nitrogens with one attached hydrogen (secondary N) is 2. The third kappa shape index (κ3) is 4.68. The fourth-order valence-corrected chi connectivity index (χ4v) is 3.27. The molecule has 2 aromatic heterocycles. The molecule has 0 radical (unpaired) electrons. The number of anilines is 1. The molecule has 144 valence electrons. The molecule has 9 heteroatoms. The Kier molecular flexibility index (Phi) is 5.95. The summed E-state index contributed by atoms with van der Waals surface area (Å²) in [5.41, 5.74) is 3.30. The van der Waals surface area contributed by atoms with Gasteiger partial charge in [-0.2, -0.15) is 0 Å². The van der Waals surface area contributed by atoms with Crippen LogP contribution in [0.4, 0.5) is 5.13 Å². The number of nitrogens with zero attached hydrogens (tertiary/aromatic N) is 3. The van der Waals surface area contributed by atoms with Crippen molar-refractivity contribution in [3.8, 4) is 11.3 Å². The van der Waals surface area contributed by atoms with E-state index >= 15 is 0 Å². The number of carbonyl (C=O) groups excluding carboxylic acids is 2. The van der Waals surface area contributed by atoms with Crippen molar-refractivity contribution >= 4 is 28.3 Å². The van der Waals surface area contributed by atoms with Gasteiger partial charge in [0.15, 0.2) is 5.13 Å². The highest BCUT2D eigenvalue weighted by atomic mass is 32.1. The number of amides is 2. The van der Waals surface area contributed by atoms with Gasteiger partial charge in [0, 0.05) is 10.9 Å². The van der Waals surface area contributed by atoms with E-state index in [1.54, 1.807) is 0 Å². The van der Waals surface area contributed by atoms with Gasteiger partial charge in [0.2, 0.25) is 13.0 Å². The molecule has 0 bridgehead atoms. The van der Waals surface area contributed by atoms with Gasteiger partial charge in [-0.3, -0.25) is 9.59 Å². The Balaban J connectivity index is 1.55. The summed E-state index contributed by atoms with van der Waals surface area (Å²) in [5.74, 6) is -0.816. The predicted molar refractivity (Wildman–Crippen MR) is 107 cm³/mol. The molecule has 28 heavy (non-hydrogen) atoms. The standard InChI is InChI=1S/C19H19N5O3S/c1-3-13-5-4-6-14(9-13)16-12-28-19(21-16)22-17(25)10-20-18(26)15-7-8-24(11-15)23(2)27/h4-9,11-12H,3,10H2,1-2H3,(H-,20,21,22,25,26)/p+1. The van der Waals surface area contributed by atoms with Crippen molar-refractivity contribution in [1.29, 1.82) is 0 Å². The topological polar surface area (TPSA) is 96.1 Å². The number of rotatable bonds is 7. The van der Waals surface area contributed by atoms with Crippen molar-refractivity contribution in [1.82, 2.24) is 15.0 Å². The molecule has 0 aliphatic rings. The molecule has 0 saturated carbocycles. The maximum Gasteiger partial charge on any atom is 0.253 e. The molecule has 3 rings (SSSR count). The van der Waals surface area contributed by atoms with Crippen LogP contribution < -0.4 is 10.6 Å². The fraction of sp³-hybridized carbons (Fsp3) is 0.211. The number of hydrogen-bond acceptors (Lipinski definition) is 5. The summed E-state index contributed by atoms with van der Waals surface area (Å²) in [6.45, 7) is 1.89. The quantitative estimate of drug-likeness (QED) is 0.598. The predicted octanol–water partition coefficient (Wildman–Crippen LogP) is 2.71. The van der Waals surface area contributed by atoms with E-state index in [9.17, 15) is 14.5 Å². The first-order valence-electron chi connectivity index (χ1n) is 8.68. The lowest BCUT2D eigenvalue weighted by atomic mass is 10.1. The van der Waals surface area contributed by atoms with Gasteiger partial charge in [-0.25, -0.2) is 4.98 Å². The summed E-state index contributed by atoms with van der Waals surface area (Å²) in [6, 6.07) is 9.60. The normalized spacial score (nSPS) is 10.5. The van der Waals surface area contributed by atoms with Crippen molar-refractivity contribution < 1.29 is 14.5 Å². The molecule has 0 fully saturated rings. The van der Waals surface area contributed by atoms with Crippen molar-refractivity contribution in [2.45, 2.75) is 13.3 Å². The lowest BCUT2D eigenvalue weighted by Gasteiger charge is -2.04. The SMILES string of the molecule is CCc1cccc(-c2csc(NC(=O)CNC(=O)c3ccn([N+](C)=O)c3)n2)c1. The van der Waals surface area contributed by atoms with Crippen LogP contribution in [0, 0.1) is 4.91 Å². The largest absolute Gasteiger partial charge is 0.343 e. The number of benzene rings is 1. The summed E-state index contributed by atoms with van der Waals surface area (Å²) >= 11 is 1.32. The highest BCUT2D eigenvalue weighted by Crippen LogP contribution is 2.25. The second kappa shape index (κ2) is 8.57. The Morgan fingerprint density at radius 2 is 2.11 bits per heavy atom. The van der Waals surface area contributed by atoms with Gasteiger partial charge < -0.3 is 10.6 Å². The Labute approximate surface area is 165 Å². The summed E-state index contributed by atoms with van der Waals surface area (Å²) in [4.78, 5) is 40.3. The zero-order valence-corrected chi connectivity index (χ0v) is 16.3. The summed E-state index contributed by atoms with van der Waals surface area (Å²) < 4.78 is 1.22. The van der Waals surface area contributed by atoms with Crippen molar-refractivity contribution in [2.24, 2.45) is 0 Å². The van der Waals surface area contributed by atoms with Crippen molar-refractivity contribution in [3.63, 3.8) is 0 Å². The first kappa shape index (κ1) is 19.4. The third-order valence-electron chi connectivity index (χ3n) is 4.06. The second-order valence-corrected chi connectivity index (χ2v) is 6.93. The maximum atomic E-state index is 12.1. The summed E-state index contributed by atoms with van der Waals surface area (Å²) in [7, 11) is 1.32. The molecule has 2 N–H and O–H groups in total. The van der Waals surface area contributed by atoms with E-state index in [1.165, 1.54) is 47.1 Å². The van der Waals surface area contributed by atoms with Gasteiger partial charge in [-0.05, 0) is 24.1 Å². The Morgan fingerprint density at radius 1 is 1.29 bits per heavy atom. The van der Waals surface area contributed by atoms with Crippen LogP contribution in [0.3, 0.4) is 0 Å². The van der Waals surface area contributed by atoms with Gasteiger partial charge in [0.25, 0.3) is 5.91 Å². The van der Waals surface area contributed by atoms with Crippen LogP contribution in [0.5, 0.6) is 0 Å². The fourth-order valence-electron chi connectivity index (χ4n) is 2.54. The lowest BCUT2D eigenvalue weighted by Crippen LogP contribution is -2.32. The van der Waals surface area contributed by atoms with Crippen LogP contribution in [0.25, 0.3) is 11.3 Å². The molecule has 0 unspecified atom stereocenters. The van der Waals surface area contributed by atoms with Gasteiger partial charge in [-0.1, -0.05) is 29.8 Å². The zero-order chi connectivity index (χ0) is 20.1. The molecule has 2 amide bonds. The minimum Gasteiger partial charge on any atom is -0.343 e. The van der Waals surface area contributed by atoms with Crippen molar-refractivity contribution in [3.05, 3.63) is 64.1 Å². The number of aryl methyl sites for hydroxylation is 1. The summed E-state index contributed by atoms with van der Waals surface area (Å²) in [5, 5.41) is 7.55. The molecule has 0 spiro atoms. The Hall–Kier alpha value is -3.33. The third-order valence-corrected chi connectivity index (χ3v) is 4.81.